The standard InChI is InChI=1S/C14H20N2O3/c1-17-8-9-19-11-10-18-7-6-16-14-5-3-2-4-13(14)12-15/h2-5,16H,6-11H2,1H3. The maximum absolute atomic E-state index is 8.91. The van der Waals surface area contributed by atoms with Gasteiger partial charge in [-0.05, 0) is 12.1 Å². The van der Waals surface area contributed by atoms with Gasteiger partial charge in [-0.15, -0.1) is 0 Å². The van der Waals surface area contributed by atoms with E-state index in [1.807, 2.05) is 18.2 Å². The van der Waals surface area contributed by atoms with Crippen LogP contribution in [0.2, 0.25) is 0 Å². The lowest BCUT2D eigenvalue weighted by Gasteiger charge is -2.08. The van der Waals surface area contributed by atoms with Gasteiger partial charge in [0.2, 0.25) is 0 Å². The predicted molar refractivity (Wildman–Crippen MR) is 73.2 cm³/mol. The second-order valence-corrected chi connectivity index (χ2v) is 3.80. The summed E-state index contributed by atoms with van der Waals surface area (Å²) in [5.41, 5.74) is 1.48. The molecule has 19 heavy (non-hydrogen) atoms. The quantitative estimate of drug-likeness (QED) is 0.651. The average molecular weight is 264 g/mol. The molecule has 0 unspecified atom stereocenters. The summed E-state index contributed by atoms with van der Waals surface area (Å²) in [5.74, 6) is 0. The SMILES string of the molecule is COCCOCCOCCNc1ccccc1C#N. The van der Waals surface area contributed by atoms with E-state index in [-0.39, 0.29) is 0 Å². The van der Waals surface area contributed by atoms with Crippen LogP contribution in [0.3, 0.4) is 0 Å². The molecule has 1 rings (SSSR count). The van der Waals surface area contributed by atoms with E-state index in [0.29, 0.717) is 45.1 Å². The van der Waals surface area contributed by atoms with Crippen molar-refractivity contribution in [1.82, 2.24) is 0 Å². The first-order valence-corrected chi connectivity index (χ1v) is 6.26. The molecule has 0 aliphatic carbocycles. The lowest BCUT2D eigenvalue weighted by atomic mass is 10.2. The minimum atomic E-state index is 0.561. The topological polar surface area (TPSA) is 63.5 Å². The number of hydrogen-bond donors (Lipinski definition) is 1. The predicted octanol–water partition coefficient (Wildman–Crippen LogP) is 1.65. The molecule has 0 atom stereocenters. The zero-order valence-electron chi connectivity index (χ0n) is 11.2. The van der Waals surface area contributed by atoms with Crippen molar-refractivity contribution in [2.24, 2.45) is 0 Å². The van der Waals surface area contributed by atoms with Gasteiger partial charge in [-0.1, -0.05) is 12.1 Å². The minimum absolute atomic E-state index is 0.561. The second kappa shape index (κ2) is 10.3. The molecule has 0 aliphatic heterocycles. The Labute approximate surface area is 114 Å². The Morgan fingerprint density at radius 3 is 2.47 bits per heavy atom. The van der Waals surface area contributed by atoms with Crippen molar-refractivity contribution in [1.29, 1.82) is 5.26 Å². The van der Waals surface area contributed by atoms with Crippen molar-refractivity contribution in [2.45, 2.75) is 0 Å². The summed E-state index contributed by atoms with van der Waals surface area (Å²) >= 11 is 0. The average Bonchev–Trinajstić information content (AvgIpc) is 2.46. The van der Waals surface area contributed by atoms with Gasteiger partial charge in [0.25, 0.3) is 0 Å². The summed E-state index contributed by atoms with van der Waals surface area (Å²) in [6, 6.07) is 9.55. The van der Waals surface area contributed by atoms with Crippen molar-refractivity contribution < 1.29 is 14.2 Å². The van der Waals surface area contributed by atoms with Gasteiger partial charge >= 0.3 is 0 Å². The molecule has 1 aromatic rings. The van der Waals surface area contributed by atoms with Crippen LogP contribution < -0.4 is 5.32 Å². The van der Waals surface area contributed by atoms with Crippen LogP contribution in [-0.2, 0) is 14.2 Å². The van der Waals surface area contributed by atoms with Crippen LogP contribution in [-0.4, -0.2) is 46.7 Å². The first-order valence-electron chi connectivity index (χ1n) is 6.26. The summed E-state index contributed by atoms with van der Waals surface area (Å²) in [5, 5.41) is 12.1. The van der Waals surface area contributed by atoms with E-state index in [0.717, 1.165) is 5.69 Å². The summed E-state index contributed by atoms with van der Waals surface area (Å²) in [6.45, 7) is 3.56. The fraction of sp³-hybridized carbons (Fsp3) is 0.500. The van der Waals surface area contributed by atoms with E-state index < -0.39 is 0 Å². The molecule has 0 heterocycles. The first-order chi connectivity index (χ1) is 9.38. The van der Waals surface area contributed by atoms with Gasteiger partial charge in [-0.3, -0.25) is 0 Å². The lowest BCUT2D eigenvalue weighted by Crippen LogP contribution is -2.14. The number of para-hydroxylation sites is 1. The Balaban J connectivity index is 2.03. The van der Waals surface area contributed by atoms with E-state index in [9.17, 15) is 0 Å². The van der Waals surface area contributed by atoms with Crippen molar-refractivity contribution >= 4 is 5.69 Å². The number of ether oxygens (including phenoxy) is 3. The van der Waals surface area contributed by atoms with Gasteiger partial charge in [-0.25, -0.2) is 0 Å². The summed E-state index contributed by atoms with van der Waals surface area (Å²) in [4.78, 5) is 0. The molecule has 104 valence electrons. The maximum atomic E-state index is 8.91. The van der Waals surface area contributed by atoms with Crippen LogP contribution in [0.5, 0.6) is 0 Å². The van der Waals surface area contributed by atoms with Gasteiger partial charge in [0.15, 0.2) is 0 Å². The number of nitrogens with one attached hydrogen (secondary N) is 1. The highest BCUT2D eigenvalue weighted by molar-refractivity contribution is 5.56. The Morgan fingerprint density at radius 2 is 1.74 bits per heavy atom. The zero-order chi connectivity index (χ0) is 13.8. The Morgan fingerprint density at radius 1 is 1.05 bits per heavy atom. The molecule has 0 saturated heterocycles. The molecule has 0 fully saturated rings. The fourth-order valence-electron chi connectivity index (χ4n) is 1.46. The molecular formula is C14H20N2O3. The van der Waals surface area contributed by atoms with Crippen LogP contribution >= 0.6 is 0 Å². The smallest absolute Gasteiger partial charge is 0.101 e. The second-order valence-electron chi connectivity index (χ2n) is 3.80. The van der Waals surface area contributed by atoms with Gasteiger partial charge in [0.05, 0.1) is 44.3 Å². The van der Waals surface area contributed by atoms with E-state index in [1.165, 1.54) is 0 Å². The summed E-state index contributed by atoms with van der Waals surface area (Å²) in [6.07, 6.45) is 0. The third-order valence-electron chi connectivity index (χ3n) is 2.41. The van der Waals surface area contributed by atoms with Gasteiger partial charge < -0.3 is 19.5 Å². The van der Waals surface area contributed by atoms with E-state index in [4.69, 9.17) is 19.5 Å². The normalized spacial score (nSPS) is 10.1. The highest BCUT2D eigenvalue weighted by Crippen LogP contribution is 2.12. The number of anilines is 1. The zero-order valence-corrected chi connectivity index (χ0v) is 11.2. The van der Waals surface area contributed by atoms with Crippen LogP contribution in [0.15, 0.2) is 24.3 Å². The van der Waals surface area contributed by atoms with Crippen LogP contribution in [0.4, 0.5) is 5.69 Å². The van der Waals surface area contributed by atoms with Crippen molar-refractivity contribution in [2.75, 3.05) is 52.0 Å². The van der Waals surface area contributed by atoms with Crippen molar-refractivity contribution in [3.05, 3.63) is 29.8 Å². The largest absolute Gasteiger partial charge is 0.382 e. The van der Waals surface area contributed by atoms with Gasteiger partial charge in [0.1, 0.15) is 6.07 Å². The lowest BCUT2D eigenvalue weighted by molar-refractivity contribution is 0.0272. The summed E-state index contributed by atoms with van der Waals surface area (Å²) < 4.78 is 15.5. The van der Waals surface area contributed by atoms with E-state index >= 15 is 0 Å². The molecule has 1 N–H and O–H groups in total. The number of methoxy groups -OCH3 is 1. The molecule has 0 amide bonds. The molecule has 0 bridgehead atoms. The van der Waals surface area contributed by atoms with Crippen LogP contribution in [0, 0.1) is 11.3 Å². The number of rotatable bonds is 10. The first kappa shape index (κ1) is 15.4. The molecule has 0 aromatic heterocycles. The van der Waals surface area contributed by atoms with Crippen molar-refractivity contribution in [3.8, 4) is 6.07 Å². The third kappa shape index (κ3) is 6.77. The molecular weight excluding hydrogens is 244 g/mol. The highest BCUT2D eigenvalue weighted by Gasteiger charge is 1.98. The molecule has 1 aromatic carbocycles. The molecule has 0 aliphatic rings. The number of hydrogen-bond acceptors (Lipinski definition) is 5. The maximum Gasteiger partial charge on any atom is 0.101 e. The van der Waals surface area contributed by atoms with Crippen LogP contribution in [0.1, 0.15) is 5.56 Å². The minimum Gasteiger partial charge on any atom is -0.382 e. The van der Waals surface area contributed by atoms with Crippen molar-refractivity contribution in [3.63, 3.8) is 0 Å². The number of nitrogens with zero attached hydrogens (tertiary/aromatic N) is 1. The molecule has 5 heteroatoms. The van der Waals surface area contributed by atoms with Gasteiger partial charge in [-0.2, -0.15) is 5.26 Å². The van der Waals surface area contributed by atoms with E-state index in [1.54, 1.807) is 13.2 Å². The third-order valence-corrected chi connectivity index (χ3v) is 2.41. The Kier molecular flexibility index (Phi) is 8.39. The van der Waals surface area contributed by atoms with Crippen LogP contribution in [0.25, 0.3) is 0 Å². The number of benzene rings is 1. The Hall–Kier alpha value is -1.61. The molecule has 0 saturated carbocycles. The fourth-order valence-corrected chi connectivity index (χ4v) is 1.46. The monoisotopic (exact) mass is 264 g/mol. The number of nitriles is 1. The summed E-state index contributed by atoms with van der Waals surface area (Å²) in [7, 11) is 1.64. The molecule has 5 nitrogen and oxygen atoms in total. The molecule has 0 spiro atoms. The highest BCUT2D eigenvalue weighted by atomic mass is 16.5. The Bertz CT molecular complexity index is 391. The van der Waals surface area contributed by atoms with E-state index in [2.05, 4.69) is 11.4 Å². The molecule has 0 radical (unpaired) electrons. The van der Waals surface area contributed by atoms with Gasteiger partial charge in [0, 0.05) is 13.7 Å².